The van der Waals surface area contributed by atoms with E-state index in [1.165, 1.54) is 11.3 Å². The van der Waals surface area contributed by atoms with Crippen molar-refractivity contribution in [3.8, 4) is 11.8 Å². The lowest BCUT2D eigenvalue weighted by Crippen LogP contribution is -2.11. The molecule has 0 aliphatic carbocycles. The first-order chi connectivity index (χ1) is 9.70. The van der Waals surface area contributed by atoms with Gasteiger partial charge in [-0.2, -0.15) is 0 Å². The number of carbonyl (C=O) groups excluding carboxylic acids is 1. The highest BCUT2D eigenvalue weighted by Gasteiger charge is 2.09. The number of nitrogens with zero attached hydrogens (tertiary/aromatic N) is 1. The molecule has 0 aliphatic rings. The summed E-state index contributed by atoms with van der Waals surface area (Å²) in [7, 11) is 0. The third-order valence-electron chi connectivity index (χ3n) is 2.58. The molecule has 0 saturated heterocycles. The molecule has 2 N–H and O–H groups in total. The predicted octanol–water partition coefficient (Wildman–Crippen LogP) is 2.44. The minimum atomic E-state index is -0.161. The van der Waals surface area contributed by atoms with Crippen LogP contribution < -0.4 is 5.32 Å². The van der Waals surface area contributed by atoms with Crippen molar-refractivity contribution in [3.05, 3.63) is 45.9 Å². The third-order valence-corrected chi connectivity index (χ3v) is 3.42. The molecule has 2 rings (SSSR count). The lowest BCUT2D eigenvalue weighted by atomic mass is 10.2. The van der Waals surface area contributed by atoms with Gasteiger partial charge in [-0.25, -0.2) is 0 Å². The Hall–Kier alpha value is -2.16. The summed E-state index contributed by atoms with van der Waals surface area (Å²) in [6, 6.07) is 3.52. The van der Waals surface area contributed by atoms with Crippen LogP contribution in [0.2, 0.25) is 0 Å². The highest BCUT2D eigenvalue weighted by atomic mass is 32.1. The maximum absolute atomic E-state index is 12.1. The molecule has 0 spiro atoms. The van der Waals surface area contributed by atoms with Crippen LogP contribution in [0.25, 0.3) is 0 Å². The normalized spacial score (nSPS) is 9.70. The molecule has 0 fully saturated rings. The Labute approximate surface area is 121 Å². The number of aliphatic hydroxyl groups excluding tert-OH is 1. The van der Waals surface area contributed by atoms with Crippen LogP contribution in [0.3, 0.4) is 0 Å². The zero-order valence-electron chi connectivity index (χ0n) is 11.0. The maximum Gasteiger partial charge on any atom is 0.256 e. The van der Waals surface area contributed by atoms with Crippen LogP contribution in [0, 0.1) is 18.8 Å². The minimum absolute atomic E-state index is 0.0486. The number of pyridine rings is 1. The van der Waals surface area contributed by atoms with Crippen molar-refractivity contribution < 1.29 is 9.90 Å². The van der Waals surface area contributed by atoms with Gasteiger partial charge in [0, 0.05) is 29.9 Å². The Kier molecular flexibility index (Phi) is 4.88. The second kappa shape index (κ2) is 6.85. The lowest BCUT2D eigenvalue weighted by molar-refractivity contribution is 0.102. The predicted molar refractivity (Wildman–Crippen MR) is 79.8 cm³/mol. The van der Waals surface area contributed by atoms with Gasteiger partial charge in [-0.1, -0.05) is 11.8 Å². The van der Waals surface area contributed by atoms with Crippen LogP contribution in [0.4, 0.5) is 5.69 Å². The number of thiophene rings is 1. The molecule has 2 aromatic heterocycles. The van der Waals surface area contributed by atoms with Gasteiger partial charge >= 0.3 is 0 Å². The van der Waals surface area contributed by atoms with Crippen molar-refractivity contribution in [1.82, 2.24) is 4.98 Å². The van der Waals surface area contributed by atoms with Gasteiger partial charge in [0.25, 0.3) is 5.91 Å². The highest BCUT2D eigenvalue weighted by Crippen LogP contribution is 2.17. The number of carbonyl (C=O) groups is 1. The molecule has 0 saturated carbocycles. The van der Waals surface area contributed by atoms with Gasteiger partial charge in [-0.15, -0.1) is 11.3 Å². The van der Waals surface area contributed by atoms with E-state index in [9.17, 15) is 4.79 Å². The summed E-state index contributed by atoms with van der Waals surface area (Å²) in [5.74, 6) is 5.59. The lowest BCUT2D eigenvalue weighted by Gasteiger charge is -2.05. The first-order valence-electron chi connectivity index (χ1n) is 6.11. The monoisotopic (exact) mass is 286 g/mol. The zero-order valence-corrected chi connectivity index (χ0v) is 11.8. The second-order valence-corrected chi connectivity index (χ2v) is 5.03. The summed E-state index contributed by atoms with van der Waals surface area (Å²) in [4.78, 5) is 16.9. The minimum Gasteiger partial charge on any atom is -0.395 e. The van der Waals surface area contributed by atoms with Crippen molar-refractivity contribution in [2.24, 2.45) is 0 Å². The molecule has 0 bridgehead atoms. The number of anilines is 1. The van der Waals surface area contributed by atoms with Crippen molar-refractivity contribution in [2.45, 2.75) is 13.3 Å². The summed E-state index contributed by atoms with van der Waals surface area (Å²) >= 11 is 1.41. The maximum atomic E-state index is 12.1. The number of nitrogens with one attached hydrogen (secondary N) is 1. The Bertz CT molecular complexity index is 668. The number of aromatic nitrogens is 1. The van der Waals surface area contributed by atoms with Crippen molar-refractivity contribution in [3.63, 3.8) is 0 Å². The van der Waals surface area contributed by atoms with Gasteiger partial charge < -0.3 is 10.4 Å². The van der Waals surface area contributed by atoms with Crippen LogP contribution in [0.1, 0.15) is 27.2 Å². The summed E-state index contributed by atoms with van der Waals surface area (Å²) < 4.78 is 0. The van der Waals surface area contributed by atoms with E-state index in [1.54, 1.807) is 29.9 Å². The molecule has 0 aromatic carbocycles. The fourth-order valence-corrected chi connectivity index (χ4v) is 2.29. The molecule has 102 valence electrons. The molecule has 2 aromatic rings. The molecule has 2 heterocycles. The van der Waals surface area contributed by atoms with Gasteiger partial charge in [0.2, 0.25) is 0 Å². The summed E-state index contributed by atoms with van der Waals surface area (Å²) in [5.41, 5.74) is 2.25. The van der Waals surface area contributed by atoms with E-state index >= 15 is 0 Å². The molecule has 5 heteroatoms. The summed E-state index contributed by atoms with van der Waals surface area (Å²) in [6.07, 6.45) is 3.78. The van der Waals surface area contributed by atoms with Crippen LogP contribution in [-0.4, -0.2) is 22.6 Å². The largest absolute Gasteiger partial charge is 0.395 e. The zero-order chi connectivity index (χ0) is 14.4. The molecule has 0 unspecified atom stereocenters. The van der Waals surface area contributed by atoms with Gasteiger partial charge in [-0.3, -0.25) is 9.78 Å². The van der Waals surface area contributed by atoms with E-state index in [0.717, 1.165) is 16.1 Å². The van der Waals surface area contributed by atoms with Crippen molar-refractivity contribution in [1.29, 1.82) is 0 Å². The number of hydrogen-bond acceptors (Lipinski definition) is 4. The van der Waals surface area contributed by atoms with E-state index in [0.29, 0.717) is 12.0 Å². The molecular weight excluding hydrogens is 272 g/mol. The van der Waals surface area contributed by atoms with Crippen LogP contribution in [-0.2, 0) is 0 Å². The number of aryl methyl sites for hydroxylation is 1. The Morgan fingerprint density at radius 2 is 2.40 bits per heavy atom. The van der Waals surface area contributed by atoms with Gasteiger partial charge in [0.15, 0.2) is 0 Å². The number of rotatable bonds is 3. The molecule has 20 heavy (non-hydrogen) atoms. The molecule has 0 aliphatic heterocycles. The molecule has 0 atom stereocenters. The van der Waals surface area contributed by atoms with Crippen molar-refractivity contribution in [2.75, 3.05) is 11.9 Å². The number of hydrogen-bond donors (Lipinski definition) is 2. The fraction of sp³-hybridized carbons (Fsp3) is 0.200. The SMILES string of the molecule is Cc1cnccc1NC(=O)c1csc(C#CCCO)c1. The van der Waals surface area contributed by atoms with E-state index in [4.69, 9.17) is 5.11 Å². The fourth-order valence-electron chi connectivity index (χ4n) is 1.53. The average Bonchev–Trinajstić information content (AvgIpc) is 2.91. The van der Waals surface area contributed by atoms with Gasteiger partial charge in [0.05, 0.1) is 17.0 Å². The summed E-state index contributed by atoms with van der Waals surface area (Å²) in [6.45, 7) is 1.94. The van der Waals surface area contributed by atoms with Crippen LogP contribution in [0.15, 0.2) is 29.9 Å². The smallest absolute Gasteiger partial charge is 0.256 e. The average molecular weight is 286 g/mol. The van der Waals surface area contributed by atoms with E-state index < -0.39 is 0 Å². The Morgan fingerprint density at radius 3 is 3.15 bits per heavy atom. The quantitative estimate of drug-likeness (QED) is 0.852. The Morgan fingerprint density at radius 1 is 1.55 bits per heavy atom. The summed E-state index contributed by atoms with van der Waals surface area (Å²) in [5, 5.41) is 13.3. The standard InChI is InChI=1S/C15H14N2O2S/c1-11-9-16-6-5-14(11)17-15(19)12-8-13(20-10-12)4-2-3-7-18/h5-6,8-10,18H,3,7H2,1H3,(H,16,17,19). The van der Waals surface area contributed by atoms with Crippen LogP contribution in [0.5, 0.6) is 0 Å². The molecular formula is C15H14N2O2S. The number of aliphatic hydroxyl groups is 1. The molecule has 4 nitrogen and oxygen atoms in total. The first kappa shape index (κ1) is 14.3. The molecule has 0 radical (unpaired) electrons. The first-order valence-corrected chi connectivity index (χ1v) is 6.99. The van der Waals surface area contributed by atoms with Gasteiger partial charge in [-0.05, 0) is 24.6 Å². The second-order valence-electron chi connectivity index (χ2n) is 4.12. The topological polar surface area (TPSA) is 62.2 Å². The van der Waals surface area contributed by atoms with Crippen LogP contribution >= 0.6 is 11.3 Å². The van der Waals surface area contributed by atoms with Crippen molar-refractivity contribution >= 4 is 22.9 Å². The van der Waals surface area contributed by atoms with E-state index in [-0.39, 0.29) is 12.5 Å². The third kappa shape index (κ3) is 3.67. The van der Waals surface area contributed by atoms with E-state index in [2.05, 4.69) is 22.1 Å². The van der Waals surface area contributed by atoms with Gasteiger partial charge in [0.1, 0.15) is 0 Å². The van der Waals surface area contributed by atoms with E-state index in [1.807, 2.05) is 6.92 Å². The number of amides is 1. The highest BCUT2D eigenvalue weighted by molar-refractivity contribution is 7.10. The Balaban J connectivity index is 2.07. The molecule has 1 amide bonds.